The molecule has 3 heteroatoms. The Labute approximate surface area is 119 Å². The van der Waals surface area contributed by atoms with E-state index < -0.39 is 0 Å². The van der Waals surface area contributed by atoms with Crippen molar-refractivity contribution in [3.8, 4) is 5.75 Å². The van der Waals surface area contributed by atoms with Crippen LogP contribution in [0, 0.1) is 12.8 Å². The summed E-state index contributed by atoms with van der Waals surface area (Å²) in [7, 11) is 0. The first-order chi connectivity index (χ1) is 9.64. The van der Waals surface area contributed by atoms with Crippen molar-refractivity contribution in [2.45, 2.75) is 50.5 Å². The highest BCUT2D eigenvalue weighted by atomic mass is 16.3. The van der Waals surface area contributed by atoms with Gasteiger partial charge in [-0.2, -0.15) is 0 Å². The van der Waals surface area contributed by atoms with Crippen LogP contribution >= 0.6 is 0 Å². The van der Waals surface area contributed by atoms with Gasteiger partial charge in [0.2, 0.25) is 0 Å². The van der Waals surface area contributed by atoms with Crippen molar-refractivity contribution in [2.24, 2.45) is 5.92 Å². The van der Waals surface area contributed by atoms with Crippen LogP contribution < -0.4 is 5.32 Å². The third kappa shape index (κ3) is 1.37. The second-order valence-electron chi connectivity index (χ2n) is 6.67. The van der Waals surface area contributed by atoms with Crippen LogP contribution in [0.1, 0.15) is 42.4 Å². The summed E-state index contributed by atoms with van der Waals surface area (Å²) in [6.45, 7) is 2.85. The van der Waals surface area contributed by atoms with Crippen LogP contribution in [0.5, 0.6) is 5.75 Å². The zero-order chi connectivity index (χ0) is 13.9. The van der Waals surface area contributed by atoms with Gasteiger partial charge in [0.25, 0.3) is 0 Å². The molecule has 20 heavy (non-hydrogen) atoms. The summed E-state index contributed by atoms with van der Waals surface area (Å²) in [4.78, 5) is 12.8. The summed E-state index contributed by atoms with van der Waals surface area (Å²) in [6, 6.07) is 4.44. The van der Waals surface area contributed by atoms with E-state index in [2.05, 4.69) is 11.4 Å². The molecular weight excluding hydrogens is 250 g/mol. The lowest BCUT2D eigenvalue weighted by Gasteiger charge is -2.54. The number of phenolic OH excluding ortho intramolecular Hbond substituents is 1. The van der Waals surface area contributed by atoms with Crippen molar-refractivity contribution in [3.63, 3.8) is 0 Å². The summed E-state index contributed by atoms with van der Waals surface area (Å²) in [5.41, 5.74) is 2.76. The molecule has 0 radical (unpaired) electrons. The number of aryl methyl sites for hydroxylation is 1. The molecular formula is C17H21NO2. The van der Waals surface area contributed by atoms with Crippen LogP contribution in [0.4, 0.5) is 0 Å². The number of piperidine rings is 1. The molecule has 3 nitrogen and oxygen atoms in total. The summed E-state index contributed by atoms with van der Waals surface area (Å²) >= 11 is 0. The van der Waals surface area contributed by atoms with Gasteiger partial charge in [-0.05, 0) is 61.8 Å². The zero-order valence-corrected chi connectivity index (χ0v) is 11.9. The second kappa shape index (κ2) is 4.08. The Hall–Kier alpha value is -1.35. The predicted molar refractivity (Wildman–Crippen MR) is 77.0 cm³/mol. The van der Waals surface area contributed by atoms with Gasteiger partial charge in [-0.3, -0.25) is 4.79 Å². The van der Waals surface area contributed by atoms with Crippen LogP contribution in [0.3, 0.4) is 0 Å². The van der Waals surface area contributed by atoms with E-state index in [1.54, 1.807) is 0 Å². The molecule has 2 bridgehead atoms. The zero-order valence-electron chi connectivity index (χ0n) is 11.9. The van der Waals surface area contributed by atoms with Crippen LogP contribution in [-0.4, -0.2) is 23.5 Å². The van der Waals surface area contributed by atoms with Gasteiger partial charge in [0.15, 0.2) is 0 Å². The summed E-state index contributed by atoms with van der Waals surface area (Å²) in [5.74, 6) is 1.24. The molecule has 2 aliphatic carbocycles. The van der Waals surface area contributed by atoms with E-state index in [9.17, 15) is 9.90 Å². The number of nitrogens with one attached hydrogen (secondary N) is 1. The van der Waals surface area contributed by atoms with Crippen LogP contribution in [-0.2, 0) is 16.6 Å². The van der Waals surface area contributed by atoms with E-state index in [1.807, 2.05) is 13.0 Å². The topological polar surface area (TPSA) is 49.3 Å². The van der Waals surface area contributed by atoms with E-state index in [0.29, 0.717) is 29.9 Å². The first kappa shape index (κ1) is 12.4. The number of phenols is 1. The standard InChI is InChI=1S/C17H21NO2/c1-10-5-6-12-11(16(10)20)9-14-13-3-2-4-15(19)17(12,13)7-8-18-14/h5-6,13-14,18,20H,2-4,7-9H2,1H3/t13-,14+,17+/m0/s1. The van der Waals surface area contributed by atoms with Crippen LogP contribution in [0.25, 0.3) is 0 Å². The maximum Gasteiger partial charge on any atom is 0.143 e. The minimum absolute atomic E-state index is 0.313. The monoisotopic (exact) mass is 271 g/mol. The minimum atomic E-state index is -0.313. The fourth-order valence-electron chi connectivity index (χ4n) is 4.92. The fourth-order valence-corrected chi connectivity index (χ4v) is 4.92. The van der Waals surface area contributed by atoms with Crippen molar-refractivity contribution in [1.29, 1.82) is 0 Å². The lowest BCUT2D eigenvalue weighted by molar-refractivity contribution is -0.132. The normalized spacial score (nSPS) is 35.4. The number of ketones is 1. The number of hydrogen-bond acceptors (Lipinski definition) is 3. The Bertz CT molecular complexity index is 595. The summed E-state index contributed by atoms with van der Waals surface area (Å²) in [6.07, 6.45) is 4.62. The van der Waals surface area contributed by atoms with Gasteiger partial charge in [-0.1, -0.05) is 12.1 Å². The third-order valence-electron chi connectivity index (χ3n) is 5.85. The van der Waals surface area contributed by atoms with Crippen molar-refractivity contribution < 1.29 is 9.90 Å². The van der Waals surface area contributed by atoms with Crippen molar-refractivity contribution in [1.82, 2.24) is 5.32 Å². The van der Waals surface area contributed by atoms with Gasteiger partial charge in [-0.15, -0.1) is 0 Å². The lowest BCUT2D eigenvalue weighted by atomic mass is 9.52. The molecule has 0 aromatic heterocycles. The lowest BCUT2D eigenvalue weighted by Crippen LogP contribution is -2.62. The predicted octanol–water partition coefficient (Wildman–Crippen LogP) is 2.23. The summed E-state index contributed by atoms with van der Waals surface area (Å²) in [5, 5.41) is 14.0. The number of carbonyl (C=O) groups excluding carboxylic acids is 1. The van der Waals surface area contributed by atoms with E-state index in [4.69, 9.17) is 0 Å². The maximum absolute atomic E-state index is 12.8. The first-order valence-electron chi connectivity index (χ1n) is 7.73. The largest absolute Gasteiger partial charge is 0.507 e. The molecule has 2 N–H and O–H groups in total. The molecule has 106 valence electrons. The Balaban J connectivity index is 1.99. The molecule has 2 fully saturated rings. The number of rotatable bonds is 0. The van der Waals surface area contributed by atoms with Gasteiger partial charge in [0.1, 0.15) is 11.5 Å². The molecule has 3 atom stereocenters. The molecule has 0 spiro atoms. The average Bonchev–Trinajstić information content (AvgIpc) is 2.44. The molecule has 4 rings (SSSR count). The highest BCUT2D eigenvalue weighted by Gasteiger charge is 2.56. The van der Waals surface area contributed by atoms with E-state index in [0.717, 1.165) is 48.9 Å². The number of fused-ring (bicyclic) bond motifs is 1. The number of benzene rings is 1. The highest BCUT2D eigenvalue weighted by Crippen LogP contribution is 2.53. The average molecular weight is 271 g/mol. The van der Waals surface area contributed by atoms with Gasteiger partial charge in [-0.25, -0.2) is 0 Å². The Morgan fingerprint density at radius 3 is 3.10 bits per heavy atom. The number of Topliss-reactive ketones (excluding diaryl/α,β-unsaturated/α-hetero) is 1. The molecule has 1 aliphatic heterocycles. The third-order valence-corrected chi connectivity index (χ3v) is 5.85. The Morgan fingerprint density at radius 2 is 2.25 bits per heavy atom. The molecule has 0 amide bonds. The molecule has 1 saturated carbocycles. The van der Waals surface area contributed by atoms with Gasteiger partial charge in [0.05, 0.1) is 5.41 Å². The molecule has 1 aromatic rings. The number of carbonyl (C=O) groups is 1. The highest BCUT2D eigenvalue weighted by molar-refractivity contribution is 5.92. The van der Waals surface area contributed by atoms with Gasteiger partial charge < -0.3 is 10.4 Å². The van der Waals surface area contributed by atoms with E-state index in [1.165, 1.54) is 0 Å². The van der Waals surface area contributed by atoms with E-state index >= 15 is 0 Å². The molecule has 3 aliphatic rings. The first-order valence-corrected chi connectivity index (χ1v) is 7.73. The van der Waals surface area contributed by atoms with E-state index in [-0.39, 0.29) is 5.41 Å². The van der Waals surface area contributed by atoms with Crippen molar-refractivity contribution in [3.05, 3.63) is 28.8 Å². The summed E-state index contributed by atoms with van der Waals surface area (Å²) < 4.78 is 0. The smallest absolute Gasteiger partial charge is 0.143 e. The number of hydrogen-bond donors (Lipinski definition) is 2. The Morgan fingerprint density at radius 1 is 1.40 bits per heavy atom. The van der Waals surface area contributed by atoms with Crippen molar-refractivity contribution >= 4 is 5.78 Å². The van der Waals surface area contributed by atoms with Crippen LogP contribution in [0.2, 0.25) is 0 Å². The fraction of sp³-hybridized carbons (Fsp3) is 0.588. The molecule has 0 unspecified atom stereocenters. The van der Waals surface area contributed by atoms with Gasteiger partial charge in [0, 0.05) is 12.5 Å². The second-order valence-corrected chi connectivity index (χ2v) is 6.67. The molecule has 1 saturated heterocycles. The Kier molecular flexibility index (Phi) is 2.53. The quantitative estimate of drug-likeness (QED) is 0.760. The minimum Gasteiger partial charge on any atom is -0.507 e. The van der Waals surface area contributed by atoms with Crippen LogP contribution in [0.15, 0.2) is 12.1 Å². The van der Waals surface area contributed by atoms with Gasteiger partial charge >= 0.3 is 0 Å². The molecule has 1 heterocycles. The SMILES string of the molecule is Cc1ccc2c(c1O)C[C@H]1NCC[C@@]23C(=O)CCC[C@@H]13. The van der Waals surface area contributed by atoms with Crippen molar-refractivity contribution in [2.75, 3.05) is 6.54 Å². The maximum atomic E-state index is 12.8. The molecule has 1 aromatic carbocycles. The number of aromatic hydroxyl groups is 1.